The molecular formula is C22H19N3O. The number of fused-ring (bicyclic) bond motifs is 7. The lowest BCUT2D eigenvalue weighted by atomic mass is 9.89. The Morgan fingerprint density at radius 2 is 1.85 bits per heavy atom. The molecule has 4 nitrogen and oxygen atoms in total. The molecule has 0 saturated heterocycles. The van der Waals surface area contributed by atoms with Gasteiger partial charge in [0, 0.05) is 28.8 Å². The summed E-state index contributed by atoms with van der Waals surface area (Å²) in [4.78, 5) is 6.23. The number of aromatic nitrogens is 1. The Bertz CT molecular complexity index is 1100. The Balaban J connectivity index is 1.59. The van der Waals surface area contributed by atoms with E-state index in [9.17, 15) is 0 Å². The predicted molar refractivity (Wildman–Crippen MR) is 102 cm³/mol. The fourth-order valence-corrected chi connectivity index (χ4v) is 4.65. The van der Waals surface area contributed by atoms with Crippen molar-refractivity contribution < 1.29 is 4.42 Å². The van der Waals surface area contributed by atoms with Crippen LogP contribution in [0.2, 0.25) is 0 Å². The average Bonchev–Trinajstić information content (AvgIpc) is 3.34. The van der Waals surface area contributed by atoms with Crippen molar-refractivity contribution in [1.82, 2.24) is 9.88 Å². The van der Waals surface area contributed by atoms with E-state index in [1.54, 1.807) is 6.26 Å². The van der Waals surface area contributed by atoms with Gasteiger partial charge in [-0.3, -0.25) is 4.90 Å². The van der Waals surface area contributed by atoms with Gasteiger partial charge in [-0.05, 0) is 41.8 Å². The maximum atomic E-state index is 5.77. The Labute approximate surface area is 151 Å². The van der Waals surface area contributed by atoms with Crippen molar-refractivity contribution >= 4 is 16.6 Å². The molecule has 2 atom stereocenters. The third-order valence-corrected chi connectivity index (χ3v) is 5.76. The molecule has 4 heteroatoms. The highest BCUT2D eigenvalue weighted by molar-refractivity contribution is 5.85. The second kappa shape index (κ2) is 5.26. The highest BCUT2D eigenvalue weighted by atomic mass is 16.3. The molecule has 0 fully saturated rings. The maximum Gasteiger partial charge on any atom is 0.141 e. The molecule has 2 aromatic carbocycles. The molecule has 0 aliphatic carbocycles. The summed E-state index contributed by atoms with van der Waals surface area (Å²) < 4.78 is 5.77. The number of nitrogens with one attached hydrogen (secondary N) is 2. The monoisotopic (exact) mass is 341 g/mol. The molecule has 0 radical (unpaired) electrons. The first kappa shape index (κ1) is 14.2. The smallest absolute Gasteiger partial charge is 0.141 e. The van der Waals surface area contributed by atoms with Gasteiger partial charge in [-0.15, -0.1) is 0 Å². The molecular weight excluding hydrogens is 322 g/mol. The number of aromatic amines is 1. The second-order valence-corrected chi connectivity index (χ2v) is 7.10. The number of hydrogen-bond donors (Lipinski definition) is 2. The highest BCUT2D eigenvalue weighted by Crippen LogP contribution is 2.47. The number of H-pyrrole nitrogens is 1. The van der Waals surface area contributed by atoms with Crippen LogP contribution in [0, 0.1) is 0 Å². The topological polar surface area (TPSA) is 44.2 Å². The van der Waals surface area contributed by atoms with Gasteiger partial charge in [0.25, 0.3) is 0 Å². The summed E-state index contributed by atoms with van der Waals surface area (Å²) in [6.45, 7) is 0.992. The lowest BCUT2D eigenvalue weighted by Gasteiger charge is -2.45. The van der Waals surface area contributed by atoms with Gasteiger partial charge >= 0.3 is 0 Å². The lowest BCUT2D eigenvalue weighted by molar-refractivity contribution is 0.135. The van der Waals surface area contributed by atoms with Crippen molar-refractivity contribution in [2.75, 3.05) is 11.9 Å². The van der Waals surface area contributed by atoms with Gasteiger partial charge in [0.05, 0.1) is 12.3 Å². The quantitative estimate of drug-likeness (QED) is 0.521. The summed E-state index contributed by atoms with van der Waals surface area (Å²) >= 11 is 0. The van der Waals surface area contributed by atoms with Crippen LogP contribution >= 0.6 is 0 Å². The van der Waals surface area contributed by atoms with Crippen LogP contribution in [0.3, 0.4) is 0 Å². The third kappa shape index (κ3) is 1.88. The molecule has 0 saturated carbocycles. The zero-order valence-electron chi connectivity index (χ0n) is 14.3. The van der Waals surface area contributed by atoms with Gasteiger partial charge < -0.3 is 14.7 Å². The fourth-order valence-electron chi connectivity index (χ4n) is 4.65. The summed E-state index contributed by atoms with van der Waals surface area (Å²) in [5.41, 5.74) is 6.51. The second-order valence-electron chi connectivity index (χ2n) is 7.10. The lowest BCUT2D eigenvalue weighted by Crippen LogP contribution is -2.45. The first-order valence-corrected chi connectivity index (χ1v) is 9.14. The third-order valence-electron chi connectivity index (χ3n) is 5.76. The Hall–Kier alpha value is -2.98. The van der Waals surface area contributed by atoms with E-state index in [0.29, 0.717) is 0 Å². The van der Waals surface area contributed by atoms with Gasteiger partial charge in [0.1, 0.15) is 11.9 Å². The van der Waals surface area contributed by atoms with Crippen LogP contribution in [0.5, 0.6) is 0 Å². The van der Waals surface area contributed by atoms with Crippen molar-refractivity contribution in [1.29, 1.82) is 0 Å². The maximum absolute atomic E-state index is 5.77. The van der Waals surface area contributed by atoms with Crippen LogP contribution in [0.4, 0.5) is 5.69 Å². The molecule has 4 heterocycles. The van der Waals surface area contributed by atoms with E-state index in [2.05, 4.69) is 69.8 Å². The number of anilines is 1. The number of nitrogens with zero attached hydrogens (tertiary/aromatic N) is 1. The minimum Gasteiger partial charge on any atom is -0.466 e. The minimum absolute atomic E-state index is 0.0458. The SMILES string of the molecule is c1coc([C@@H]2Nc3ccccc3[C@@H]3c4[nH]c5ccccc5c4CCN32)c1. The van der Waals surface area contributed by atoms with Crippen molar-refractivity contribution in [3.63, 3.8) is 0 Å². The summed E-state index contributed by atoms with van der Waals surface area (Å²) in [6.07, 6.45) is 2.84. The van der Waals surface area contributed by atoms with Gasteiger partial charge in [-0.2, -0.15) is 0 Å². The van der Waals surface area contributed by atoms with E-state index >= 15 is 0 Å². The zero-order valence-corrected chi connectivity index (χ0v) is 14.3. The predicted octanol–water partition coefficient (Wildman–Crippen LogP) is 4.83. The molecule has 2 N–H and O–H groups in total. The minimum atomic E-state index is 0.0458. The molecule has 128 valence electrons. The number of rotatable bonds is 1. The fraction of sp³-hybridized carbons (Fsp3) is 0.182. The Morgan fingerprint density at radius 3 is 2.77 bits per heavy atom. The standard InChI is InChI=1S/C22H19N3O/c1-3-8-17-14(6-1)15-11-12-25-21(20(15)23-17)16-7-2-4-9-18(16)24-22(25)19-10-5-13-26-19/h1-10,13,21-24H,11-12H2/t21-,22-/m1/s1. The van der Waals surface area contributed by atoms with Crippen molar-refractivity contribution in [3.05, 3.63) is 89.5 Å². The molecule has 26 heavy (non-hydrogen) atoms. The molecule has 2 aliphatic heterocycles. The van der Waals surface area contributed by atoms with Crippen LogP contribution in [0.15, 0.2) is 71.3 Å². The van der Waals surface area contributed by atoms with E-state index in [4.69, 9.17) is 4.42 Å². The summed E-state index contributed by atoms with van der Waals surface area (Å²) in [5.74, 6) is 0.962. The molecule has 0 bridgehead atoms. The molecule has 2 aliphatic rings. The molecule has 4 aromatic rings. The molecule has 2 aromatic heterocycles. The van der Waals surface area contributed by atoms with Gasteiger partial charge in [-0.25, -0.2) is 0 Å². The van der Waals surface area contributed by atoms with Crippen LogP contribution in [-0.4, -0.2) is 16.4 Å². The summed E-state index contributed by atoms with van der Waals surface area (Å²) in [5, 5.41) is 5.04. The normalized spacial score (nSPS) is 21.7. The number of furan rings is 1. The van der Waals surface area contributed by atoms with E-state index < -0.39 is 0 Å². The summed E-state index contributed by atoms with van der Waals surface area (Å²) in [6, 6.07) is 21.5. The zero-order chi connectivity index (χ0) is 17.1. The van der Waals surface area contributed by atoms with Gasteiger partial charge in [-0.1, -0.05) is 36.4 Å². The van der Waals surface area contributed by atoms with E-state index in [1.807, 2.05) is 6.07 Å². The molecule has 0 spiro atoms. The number of benzene rings is 2. The number of para-hydroxylation sites is 2. The molecule has 0 amide bonds. The highest BCUT2D eigenvalue weighted by Gasteiger charge is 2.41. The number of hydrogen-bond acceptors (Lipinski definition) is 3. The Kier molecular flexibility index (Phi) is 2.87. The van der Waals surface area contributed by atoms with Crippen LogP contribution < -0.4 is 5.32 Å². The molecule has 0 unspecified atom stereocenters. The van der Waals surface area contributed by atoms with Crippen molar-refractivity contribution in [2.45, 2.75) is 18.6 Å². The van der Waals surface area contributed by atoms with E-state index in [1.165, 1.54) is 33.4 Å². The van der Waals surface area contributed by atoms with Crippen LogP contribution in [0.25, 0.3) is 10.9 Å². The largest absolute Gasteiger partial charge is 0.466 e. The Morgan fingerprint density at radius 1 is 0.962 bits per heavy atom. The van der Waals surface area contributed by atoms with Crippen LogP contribution in [-0.2, 0) is 6.42 Å². The van der Waals surface area contributed by atoms with E-state index in [0.717, 1.165) is 18.7 Å². The summed E-state index contributed by atoms with van der Waals surface area (Å²) in [7, 11) is 0. The van der Waals surface area contributed by atoms with Crippen molar-refractivity contribution in [2.24, 2.45) is 0 Å². The first-order valence-electron chi connectivity index (χ1n) is 9.14. The first-order chi connectivity index (χ1) is 12.9. The van der Waals surface area contributed by atoms with Gasteiger partial charge in [0.15, 0.2) is 0 Å². The van der Waals surface area contributed by atoms with E-state index in [-0.39, 0.29) is 12.2 Å². The van der Waals surface area contributed by atoms with Crippen molar-refractivity contribution in [3.8, 4) is 0 Å². The van der Waals surface area contributed by atoms with Gasteiger partial charge in [0.2, 0.25) is 0 Å². The average molecular weight is 341 g/mol. The molecule has 6 rings (SSSR count). The van der Waals surface area contributed by atoms with Crippen LogP contribution in [0.1, 0.15) is 34.8 Å².